The van der Waals surface area contributed by atoms with Crippen LogP contribution in [0.15, 0.2) is 42.7 Å². The minimum absolute atomic E-state index is 0.00963. The van der Waals surface area contributed by atoms with E-state index in [1.807, 2.05) is 45.0 Å². The monoisotopic (exact) mass is 270 g/mol. The van der Waals surface area contributed by atoms with Gasteiger partial charge < -0.3 is 10.6 Å². The summed E-state index contributed by atoms with van der Waals surface area (Å²) in [6, 6.07) is 9.18. The zero-order valence-corrected chi connectivity index (χ0v) is 11.8. The van der Waals surface area contributed by atoms with Crippen molar-refractivity contribution in [1.82, 2.24) is 9.97 Å². The van der Waals surface area contributed by atoms with E-state index >= 15 is 0 Å². The molecule has 5 nitrogen and oxygen atoms in total. The third-order valence-electron chi connectivity index (χ3n) is 2.65. The van der Waals surface area contributed by atoms with E-state index in [4.69, 9.17) is 0 Å². The highest BCUT2D eigenvalue weighted by Gasteiger charge is 2.20. The van der Waals surface area contributed by atoms with Gasteiger partial charge in [0.2, 0.25) is 11.9 Å². The van der Waals surface area contributed by atoms with Crippen LogP contribution in [-0.2, 0) is 4.79 Å². The van der Waals surface area contributed by atoms with Crippen molar-refractivity contribution in [2.75, 3.05) is 10.6 Å². The topological polar surface area (TPSA) is 66.9 Å². The second kappa shape index (κ2) is 5.69. The molecule has 2 N–H and O–H groups in total. The van der Waals surface area contributed by atoms with E-state index in [2.05, 4.69) is 20.6 Å². The number of anilines is 3. The molecule has 0 spiro atoms. The summed E-state index contributed by atoms with van der Waals surface area (Å²) in [5, 5.41) is 5.95. The van der Waals surface area contributed by atoms with Crippen LogP contribution in [0.3, 0.4) is 0 Å². The molecule has 2 aromatic rings. The average Bonchev–Trinajstić information content (AvgIpc) is 2.41. The lowest BCUT2D eigenvalue weighted by atomic mass is 9.95. The fraction of sp³-hybridized carbons (Fsp3) is 0.267. The highest BCUT2D eigenvalue weighted by Crippen LogP contribution is 2.20. The number of amides is 1. The summed E-state index contributed by atoms with van der Waals surface area (Å²) in [4.78, 5) is 20.0. The third kappa shape index (κ3) is 3.78. The maximum absolute atomic E-state index is 11.9. The molecule has 0 unspecified atom stereocenters. The molecule has 1 amide bonds. The second-order valence-corrected chi connectivity index (χ2v) is 5.48. The van der Waals surface area contributed by atoms with Crippen LogP contribution < -0.4 is 10.6 Å². The number of nitrogens with zero attached hydrogens (tertiary/aromatic N) is 2. The lowest BCUT2D eigenvalue weighted by molar-refractivity contribution is -0.123. The fourth-order valence-corrected chi connectivity index (χ4v) is 1.45. The average molecular weight is 270 g/mol. The SMILES string of the molecule is CC(C)(C)C(=O)Nc1ccc(Nc2ncccn2)cc1. The van der Waals surface area contributed by atoms with Crippen molar-refractivity contribution in [2.45, 2.75) is 20.8 Å². The summed E-state index contributed by atoms with van der Waals surface area (Å²) in [5.74, 6) is 0.531. The lowest BCUT2D eigenvalue weighted by Gasteiger charge is -2.17. The predicted octanol–water partition coefficient (Wildman–Crippen LogP) is 3.20. The molecule has 0 saturated carbocycles. The molecule has 0 aliphatic carbocycles. The van der Waals surface area contributed by atoms with Crippen LogP contribution >= 0.6 is 0 Å². The molecule has 5 heteroatoms. The number of aromatic nitrogens is 2. The van der Waals surface area contributed by atoms with Gasteiger partial charge in [0.05, 0.1) is 0 Å². The van der Waals surface area contributed by atoms with Gasteiger partial charge in [-0.3, -0.25) is 4.79 Å². The summed E-state index contributed by atoms with van der Waals surface area (Å²) in [6.45, 7) is 5.64. The molecule has 0 fully saturated rings. The molecular weight excluding hydrogens is 252 g/mol. The Morgan fingerprint density at radius 2 is 1.55 bits per heavy atom. The molecule has 0 radical (unpaired) electrons. The molecular formula is C15H18N4O. The lowest BCUT2D eigenvalue weighted by Crippen LogP contribution is -2.27. The van der Waals surface area contributed by atoms with Crippen molar-refractivity contribution < 1.29 is 4.79 Å². The first-order chi connectivity index (χ1) is 9.45. The zero-order chi connectivity index (χ0) is 14.6. The molecule has 20 heavy (non-hydrogen) atoms. The molecule has 0 atom stereocenters. The molecule has 0 saturated heterocycles. The Kier molecular flexibility index (Phi) is 3.98. The van der Waals surface area contributed by atoms with Crippen molar-refractivity contribution in [3.63, 3.8) is 0 Å². The predicted molar refractivity (Wildman–Crippen MR) is 79.8 cm³/mol. The summed E-state index contributed by atoms with van der Waals surface area (Å²) in [5.41, 5.74) is 1.23. The van der Waals surface area contributed by atoms with Crippen LogP contribution in [0.4, 0.5) is 17.3 Å². The Bertz CT molecular complexity index is 573. The first kappa shape index (κ1) is 14.0. The van der Waals surface area contributed by atoms with Gasteiger partial charge in [-0.1, -0.05) is 20.8 Å². The molecule has 104 valence electrons. The Balaban J connectivity index is 2.02. The van der Waals surface area contributed by atoms with Crippen molar-refractivity contribution >= 4 is 23.2 Å². The Labute approximate surface area is 118 Å². The third-order valence-corrected chi connectivity index (χ3v) is 2.65. The molecule has 1 aromatic carbocycles. The van der Waals surface area contributed by atoms with Crippen LogP contribution in [0.25, 0.3) is 0 Å². The van der Waals surface area contributed by atoms with Gasteiger partial charge in [-0.25, -0.2) is 9.97 Å². The molecule has 1 aromatic heterocycles. The van der Waals surface area contributed by atoms with E-state index in [0.717, 1.165) is 11.4 Å². The van der Waals surface area contributed by atoms with Gasteiger partial charge in [-0.2, -0.15) is 0 Å². The van der Waals surface area contributed by atoms with Crippen molar-refractivity contribution in [3.8, 4) is 0 Å². The van der Waals surface area contributed by atoms with Gasteiger partial charge in [0.25, 0.3) is 0 Å². The second-order valence-electron chi connectivity index (χ2n) is 5.48. The molecule has 0 aliphatic rings. The minimum atomic E-state index is -0.408. The number of nitrogens with one attached hydrogen (secondary N) is 2. The van der Waals surface area contributed by atoms with Crippen LogP contribution in [0.2, 0.25) is 0 Å². The van der Waals surface area contributed by atoms with Crippen molar-refractivity contribution in [2.24, 2.45) is 5.41 Å². The Hall–Kier alpha value is -2.43. The number of carbonyl (C=O) groups is 1. The Morgan fingerprint density at radius 1 is 1.00 bits per heavy atom. The van der Waals surface area contributed by atoms with E-state index in [1.54, 1.807) is 18.5 Å². The smallest absolute Gasteiger partial charge is 0.229 e. The fourth-order valence-electron chi connectivity index (χ4n) is 1.45. The van der Waals surface area contributed by atoms with Gasteiger partial charge in [0, 0.05) is 29.2 Å². The number of hydrogen-bond donors (Lipinski definition) is 2. The summed E-state index contributed by atoms with van der Waals surface area (Å²) in [6.07, 6.45) is 3.35. The number of benzene rings is 1. The van der Waals surface area contributed by atoms with E-state index in [0.29, 0.717) is 5.95 Å². The first-order valence-electron chi connectivity index (χ1n) is 6.41. The van der Waals surface area contributed by atoms with Gasteiger partial charge in [-0.15, -0.1) is 0 Å². The minimum Gasteiger partial charge on any atom is -0.326 e. The van der Waals surface area contributed by atoms with Gasteiger partial charge >= 0.3 is 0 Å². The normalized spacial score (nSPS) is 10.9. The highest BCUT2D eigenvalue weighted by molar-refractivity contribution is 5.94. The van der Waals surface area contributed by atoms with E-state index in [-0.39, 0.29) is 5.91 Å². The summed E-state index contributed by atoms with van der Waals surface area (Å²) < 4.78 is 0. The number of hydrogen-bond acceptors (Lipinski definition) is 4. The van der Waals surface area contributed by atoms with Gasteiger partial charge in [0.1, 0.15) is 0 Å². The van der Waals surface area contributed by atoms with Crippen LogP contribution in [0, 0.1) is 5.41 Å². The maximum atomic E-state index is 11.9. The Morgan fingerprint density at radius 3 is 2.10 bits per heavy atom. The summed E-state index contributed by atoms with van der Waals surface area (Å²) >= 11 is 0. The number of carbonyl (C=O) groups excluding carboxylic acids is 1. The summed E-state index contributed by atoms with van der Waals surface area (Å²) in [7, 11) is 0. The van der Waals surface area contributed by atoms with E-state index in [1.165, 1.54) is 0 Å². The van der Waals surface area contributed by atoms with Crippen LogP contribution in [-0.4, -0.2) is 15.9 Å². The first-order valence-corrected chi connectivity index (χ1v) is 6.41. The van der Waals surface area contributed by atoms with E-state index < -0.39 is 5.41 Å². The van der Waals surface area contributed by atoms with Crippen molar-refractivity contribution in [1.29, 1.82) is 0 Å². The van der Waals surface area contributed by atoms with Gasteiger partial charge in [0.15, 0.2) is 0 Å². The van der Waals surface area contributed by atoms with Gasteiger partial charge in [-0.05, 0) is 30.3 Å². The van der Waals surface area contributed by atoms with E-state index in [9.17, 15) is 4.79 Å². The standard InChI is InChI=1S/C15H18N4O/c1-15(2,3)13(20)18-11-5-7-12(8-6-11)19-14-16-9-4-10-17-14/h4-10H,1-3H3,(H,18,20)(H,16,17,19). The quantitative estimate of drug-likeness (QED) is 0.898. The molecule has 0 aliphatic heterocycles. The molecule has 1 heterocycles. The van der Waals surface area contributed by atoms with Crippen LogP contribution in [0.1, 0.15) is 20.8 Å². The largest absolute Gasteiger partial charge is 0.326 e. The maximum Gasteiger partial charge on any atom is 0.229 e. The van der Waals surface area contributed by atoms with Crippen molar-refractivity contribution in [3.05, 3.63) is 42.7 Å². The highest BCUT2D eigenvalue weighted by atomic mass is 16.2. The number of rotatable bonds is 3. The van der Waals surface area contributed by atoms with Crippen LogP contribution in [0.5, 0.6) is 0 Å². The molecule has 2 rings (SSSR count). The molecule has 0 bridgehead atoms. The zero-order valence-electron chi connectivity index (χ0n) is 11.8.